The smallest absolute Gasteiger partial charge is 0.360 e. The molecular formula is C16H13ClN4O3. The second kappa shape index (κ2) is 6.67. The van der Waals surface area contributed by atoms with Gasteiger partial charge in [-0.3, -0.25) is 4.40 Å². The molecule has 0 spiro atoms. The Morgan fingerprint density at radius 2 is 2.00 bits per heavy atom. The monoisotopic (exact) mass is 344 g/mol. The quantitative estimate of drug-likeness (QED) is 0.565. The molecule has 0 bridgehead atoms. The van der Waals surface area contributed by atoms with Crippen LogP contribution in [0.4, 0.5) is 11.5 Å². The van der Waals surface area contributed by atoms with E-state index >= 15 is 0 Å². The average molecular weight is 345 g/mol. The molecule has 7 nitrogen and oxygen atoms in total. The van der Waals surface area contributed by atoms with Gasteiger partial charge in [0, 0.05) is 6.20 Å². The molecule has 0 aliphatic heterocycles. The van der Waals surface area contributed by atoms with Gasteiger partial charge in [-0.1, -0.05) is 11.6 Å². The second-order valence-corrected chi connectivity index (χ2v) is 5.23. The fourth-order valence-corrected chi connectivity index (χ4v) is 2.22. The van der Waals surface area contributed by atoms with Gasteiger partial charge in [-0.25, -0.2) is 9.78 Å². The summed E-state index contributed by atoms with van der Waals surface area (Å²) < 4.78 is 6.58. The number of carbonyl (C=O) groups excluding carboxylic acids is 1. The topological polar surface area (TPSA) is 88.5 Å². The lowest BCUT2D eigenvalue weighted by Crippen LogP contribution is -2.05. The molecule has 0 aliphatic carbocycles. The minimum absolute atomic E-state index is 0.0571. The Morgan fingerprint density at radius 3 is 2.71 bits per heavy atom. The molecule has 0 unspecified atom stereocenters. The molecule has 2 heterocycles. The Kier molecular flexibility index (Phi) is 4.43. The van der Waals surface area contributed by atoms with Gasteiger partial charge >= 0.3 is 5.97 Å². The summed E-state index contributed by atoms with van der Waals surface area (Å²) in [5.74, 6) is -0.237. The number of azo groups is 1. The van der Waals surface area contributed by atoms with Crippen molar-refractivity contribution < 1.29 is 14.6 Å². The highest BCUT2D eigenvalue weighted by molar-refractivity contribution is 6.30. The first-order chi connectivity index (χ1) is 11.6. The van der Waals surface area contributed by atoms with Crippen LogP contribution in [0.1, 0.15) is 17.4 Å². The van der Waals surface area contributed by atoms with Crippen molar-refractivity contribution in [3.63, 3.8) is 0 Å². The molecule has 122 valence electrons. The van der Waals surface area contributed by atoms with Crippen LogP contribution in [0.3, 0.4) is 0 Å². The third-order valence-electron chi connectivity index (χ3n) is 3.14. The van der Waals surface area contributed by atoms with Gasteiger partial charge < -0.3 is 9.84 Å². The lowest BCUT2D eigenvalue weighted by molar-refractivity contribution is 0.0521. The second-order valence-electron chi connectivity index (χ2n) is 4.80. The van der Waals surface area contributed by atoms with E-state index in [9.17, 15) is 9.90 Å². The van der Waals surface area contributed by atoms with Gasteiger partial charge in [0.2, 0.25) is 0 Å². The average Bonchev–Trinajstić information content (AvgIpc) is 2.92. The molecule has 0 saturated carbocycles. The summed E-state index contributed by atoms with van der Waals surface area (Å²) in [7, 11) is 0. The van der Waals surface area contributed by atoms with Crippen molar-refractivity contribution in [1.82, 2.24) is 9.38 Å². The Labute approximate surface area is 142 Å². The molecule has 24 heavy (non-hydrogen) atoms. The van der Waals surface area contributed by atoms with Crippen LogP contribution < -0.4 is 0 Å². The number of hydrogen-bond acceptors (Lipinski definition) is 6. The van der Waals surface area contributed by atoms with E-state index in [1.807, 2.05) is 0 Å². The molecule has 3 aromatic rings. The number of rotatable bonds is 4. The first-order valence-electron chi connectivity index (χ1n) is 7.14. The van der Waals surface area contributed by atoms with E-state index in [0.29, 0.717) is 16.4 Å². The summed E-state index contributed by atoms with van der Waals surface area (Å²) in [6, 6.07) is 9.51. The van der Waals surface area contributed by atoms with Crippen molar-refractivity contribution in [2.75, 3.05) is 6.61 Å². The molecule has 0 saturated heterocycles. The molecule has 0 fully saturated rings. The zero-order chi connectivity index (χ0) is 17.1. The molecule has 2 aromatic heterocycles. The van der Waals surface area contributed by atoms with Gasteiger partial charge in [0.25, 0.3) is 0 Å². The predicted octanol–water partition coefficient (Wildman–Crippen LogP) is 4.29. The van der Waals surface area contributed by atoms with Crippen molar-refractivity contribution >= 4 is 34.7 Å². The molecule has 8 heteroatoms. The maximum Gasteiger partial charge on any atom is 0.360 e. The predicted molar refractivity (Wildman–Crippen MR) is 88.4 cm³/mol. The highest BCUT2D eigenvalue weighted by Gasteiger charge is 2.20. The molecule has 1 N–H and O–H groups in total. The van der Waals surface area contributed by atoms with Gasteiger partial charge in [0.05, 0.1) is 17.3 Å². The normalized spacial score (nSPS) is 11.2. The first-order valence-corrected chi connectivity index (χ1v) is 7.52. The zero-order valence-electron chi connectivity index (χ0n) is 12.7. The zero-order valence-corrected chi connectivity index (χ0v) is 13.4. The van der Waals surface area contributed by atoms with Crippen LogP contribution >= 0.6 is 11.6 Å². The summed E-state index contributed by atoms with van der Waals surface area (Å²) >= 11 is 6.01. The van der Waals surface area contributed by atoms with Gasteiger partial charge in [-0.15, -0.1) is 10.2 Å². The number of imidazole rings is 1. The van der Waals surface area contributed by atoms with Crippen LogP contribution in [0.2, 0.25) is 5.02 Å². The minimum Gasteiger partial charge on any atom is -0.508 e. The number of nitrogens with zero attached hydrogens (tertiary/aromatic N) is 4. The fourth-order valence-electron chi connectivity index (χ4n) is 2.06. The van der Waals surface area contributed by atoms with Crippen molar-refractivity contribution in [1.29, 1.82) is 0 Å². The largest absolute Gasteiger partial charge is 0.508 e. The number of halogens is 1. The number of hydrogen-bond donors (Lipinski definition) is 1. The molecule has 3 rings (SSSR count). The summed E-state index contributed by atoms with van der Waals surface area (Å²) in [6.07, 6.45) is 1.60. The summed E-state index contributed by atoms with van der Waals surface area (Å²) in [6.45, 7) is 1.93. The van der Waals surface area contributed by atoms with Crippen molar-refractivity contribution in [2.24, 2.45) is 10.2 Å². The molecule has 0 aliphatic rings. The number of fused-ring (bicyclic) bond motifs is 1. The number of phenolic OH excluding ortho intramolecular Hbond substituents is 1. The molecule has 0 atom stereocenters. The number of carbonyl (C=O) groups is 1. The van der Waals surface area contributed by atoms with E-state index in [4.69, 9.17) is 16.3 Å². The van der Waals surface area contributed by atoms with Crippen molar-refractivity contribution in [3.05, 3.63) is 53.3 Å². The number of aromatic nitrogens is 2. The van der Waals surface area contributed by atoms with Crippen LogP contribution in [0.15, 0.2) is 52.8 Å². The number of esters is 1. The van der Waals surface area contributed by atoms with E-state index in [0.717, 1.165) is 0 Å². The third-order valence-corrected chi connectivity index (χ3v) is 3.36. The van der Waals surface area contributed by atoms with Gasteiger partial charge in [0.1, 0.15) is 11.4 Å². The fraction of sp³-hybridized carbons (Fsp3) is 0.125. The van der Waals surface area contributed by atoms with Gasteiger partial charge in [-0.05, 0) is 43.3 Å². The van der Waals surface area contributed by atoms with Crippen LogP contribution in [0.25, 0.3) is 5.65 Å². The van der Waals surface area contributed by atoms with Crippen molar-refractivity contribution in [3.8, 4) is 5.75 Å². The standard InChI is InChI=1S/C16H13ClN4O3/c1-2-24-16(23)14-15(20-19-11-4-6-12(22)7-5-11)21-9-10(17)3-8-13(21)18-14/h3-9,22H,2H2,1H3. The molecule has 0 amide bonds. The summed E-state index contributed by atoms with van der Waals surface area (Å²) in [5, 5.41) is 18.0. The van der Waals surface area contributed by atoms with E-state index in [1.54, 1.807) is 41.8 Å². The Hall–Kier alpha value is -2.93. The SMILES string of the molecule is CCOC(=O)c1nc2ccc(Cl)cn2c1N=Nc1ccc(O)cc1. The molecule has 0 radical (unpaired) electrons. The van der Waals surface area contributed by atoms with Crippen molar-refractivity contribution in [2.45, 2.75) is 6.92 Å². The Bertz CT molecular complexity index is 919. The van der Waals surface area contributed by atoms with Gasteiger partial charge in [-0.2, -0.15) is 0 Å². The third kappa shape index (κ3) is 3.21. The number of phenols is 1. The number of pyridine rings is 1. The van der Waals surface area contributed by atoms with E-state index < -0.39 is 5.97 Å². The van der Waals surface area contributed by atoms with Crippen LogP contribution in [0, 0.1) is 0 Å². The molecule has 1 aromatic carbocycles. The number of aromatic hydroxyl groups is 1. The minimum atomic E-state index is -0.586. The highest BCUT2D eigenvalue weighted by Crippen LogP contribution is 2.27. The Morgan fingerprint density at radius 1 is 1.25 bits per heavy atom. The maximum absolute atomic E-state index is 12.1. The van der Waals surface area contributed by atoms with E-state index in [2.05, 4.69) is 15.2 Å². The van der Waals surface area contributed by atoms with Gasteiger partial charge in [0.15, 0.2) is 11.5 Å². The van der Waals surface area contributed by atoms with E-state index in [-0.39, 0.29) is 23.9 Å². The van der Waals surface area contributed by atoms with Crippen LogP contribution in [-0.4, -0.2) is 27.1 Å². The maximum atomic E-state index is 12.1. The van der Waals surface area contributed by atoms with Crippen LogP contribution in [0.5, 0.6) is 5.75 Å². The number of benzene rings is 1. The first kappa shape index (κ1) is 15.9. The van der Waals surface area contributed by atoms with Crippen LogP contribution in [-0.2, 0) is 4.74 Å². The lowest BCUT2D eigenvalue weighted by Gasteiger charge is -2.00. The number of ether oxygens (including phenoxy) is 1. The van der Waals surface area contributed by atoms with E-state index in [1.165, 1.54) is 12.1 Å². The summed E-state index contributed by atoms with van der Waals surface area (Å²) in [5.41, 5.74) is 1.07. The Balaban J connectivity index is 2.09. The highest BCUT2D eigenvalue weighted by atomic mass is 35.5. The summed E-state index contributed by atoms with van der Waals surface area (Å²) in [4.78, 5) is 16.3. The lowest BCUT2D eigenvalue weighted by atomic mass is 10.3. The molecular weight excluding hydrogens is 332 g/mol.